The van der Waals surface area contributed by atoms with Crippen LogP contribution in [0.25, 0.3) is 11.3 Å². The number of benzene rings is 2. The highest BCUT2D eigenvalue weighted by atomic mass is 19.2. The maximum Gasteiger partial charge on any atom is 0.159 e. The number of aromatic nitrogens is 1. The third-order valence-electron chi connectivity index (χ3n) is 4.59. The van der Waals surface area contributed by atoms with Gasteiger partial charge in [0.05, 0.1) is 17.6 Å². The van der Waals surface area contributed by atoms with Gasteiger partial charge in [-0.1, -0.05) is 36.4 Å². The molecule has 2 aromatic carbocycles. The summed E-state index contributed by atoms with van der Waals surface area (Å²) in [5, 5.41) is 3.40. The minimum atomic E-state index is -0.810. The van der Waals surface area contributed by atoms with Gasteiger partial charge in [-0.15, -0.1) is 0 Å². The van der Waals surface area contributed by atoms with E-state index in [1.807, 2.05) is 36.5 Å². The van der Waals surface area contributed by atoms with Gasteiger partial charge in [0.2, 0.25) is 0 Å². The predicted octanol–water partition coefficient (Wildman–Crippen LogP) is 4.45. The lowest BCUT2D eigenvalue weighted by Gasteiger charge is -2.20. The molecular weight excluding hydrogens is 332 g/mol. The van der Waals surface area contributed by atoms with Crippen LogP contribution >= 0.6 is 0 Å². The van der Waals surface area contributed by atoms with E-state index >= 15 is 0 Å². The molecule has 0 saturated heterocycles. The fraction of sp³-hybridized carbons (Fsp3) is 0.190. The first-order valence-corrected chi connectivity index (χ1v) is 8.63. The Kier molecular flexibility index (Phi) is 4.63. The number of anilines is 1. The standard InChI is InChI=1S/C21H19F2N3/c22-18-7-6-15(10-19(18)23)13-26-9-8-24-21-12-25-20(11-17(21)14-26)16-4-2-1-3-5-16/h1-7,10-12,24H,8-9,13-14H2. The average molecular weight is 351 g/mol. The topological polar surface area (TPSA) is 28.2 Å². The Morgan fingerprint density at radius 1 is 1.00 bits per heavy atom. The van der Waals surface area contributed by atoms with Gasteiger partial charge in [-0.05, 0) is 29.3 Å². The van der Waals surface area contributed by atoms with Crippen molar-refractivity contribution >= 4 is 5.69 Å². The largest absolute Gasteiger partial charge is 0.382 e. The molecule has 0 bridgehead atoms. The SMILES string of the molecule is Fc1ccc(CN2CCNc3cnc(-c4ccccc4)cc3C2)cc1F. The molecule has 26 heavy (non-hydrogen) atoms. The van der Waals surface area contributed by atoms with Crippen LogP contribution in [0.3, 0.4) is 0 Å². The first-order chi connectivity index (χ1) is 12.7. The zero-order valence-corrected chi connectivity index (χ0v) is 14.3. The molecule has 3 aromatic rings. The second-order valence-corrected chi connectivity index (χ2v) is 6.48. The maximum absolute atomic E-state index is 13.5. The smallest absolute Gasteiger partial charge is 0.159 e. The number of fused-ring (bicyclic) bond motifs is 1. The lowest BCUT2D eigenvalue weighted by atomic mass is 10.1. The van der Waals surface area contributed by atoms with Crippen LogP contribution in [-0.2, 0) is 13.1 Å². The van der Waals surface area contributed by atoms with Crippen LogP contribution in [-0.4, -0.2) is 23.0 Å². The maximum atomic E-state index is 13.5. The van der Waals surface area contributed by atoms with E-state index in [2.05, 4.69) is 21.3 Å². The molecule has 1 N–H and O–H groups in total. The molecule has 0 saturated carbocycles. The summed E-state index contributed by atoms with van der Waals surface area (Å²) in [5.74, 6) is -1.61. The van der Waals surface area contributed by atoms with Crippen LogP contribution < -0.4 is 5.32 Å². The highest BCUT2D eigenvalue weighted by Gasteiger charge is 2.16. The number of pyridine rings is 1. The molecule has 0 unspecified atom stereocenters. The molecule has 132 valence electrons. The lowest BCUT2D eigenvalue weighted by Crippen LogP contribution is -2.25. The Labute approximate surface area is 151 Å². The molecule has 0 radical (unpaired) electrons. The van der Waals surface area contributed by atoms with Gasteiger partial charge in [-0.2, -0.15) is 0 Å². The van der Waals surface area contributed by atoms with Crippen LogP contribution in [0, 0.1) is 11.6 Å². The van der Waals surface area contributed by atoms with E-state index in [4.69, 9.17) is 0 Å². The number of hydrogen-bond acceptors (Lipinski definition) is 3. The van der Waals surface area contributed by atoms with Crippen LogP contribution in [0.15, 0.2) is 60.8 Å². The van der Waals surface area contributed by atoms with E-state index < -0.39 is 11.6 Å². The Balaban J connectivity index is 1.58. The van der Waals surface area contributed by atoms with Gasteiger partial charge in [0.15, 0.2) is 11.6 Å². The van der Waals surface area contributed by atoms with Crippen LogP contribution in [0.4, 0.5) is 14.5 Å². The summed E-state index contributed by atoms with van der Waals surface area (Å²) in [6.07, 6.45) is 1.87. The van der Waals surface area contributed by atoms with E-state index in [9.17, 15) is 8.78 Å². The quantitative estimate of drug-likeness (QED) is 0.755. The minimum absolute atomic E-state index is 0.571. The number of nitrogens with one attached hydrogen (secondary N) is 1. The van der Waals surface area contributed by atoms with Gasteiger partial charge in [0.1, 0.15) is 0 Å². The van der Waals surface area contributed by atoms with E-state index in [-0.39, 0.29) is 0 Å². The Bertz CT molecular complexity index is 912. The van der Waals surface area contributed by atoms with Crippen molar-refractivity contribution in [1.29, 1.82) is 0 Å². The third kappa shape index (κ3) is 3.58. The summed E-state index contributed by atoms with van der Waals surface area (Å²) in [6.45, 7) is 2.89. The van der Waals surface area contributed by atoms with Crippen LogP contribution in [0.1, 0.15) is 11.1 Å². The molecule has 1 aliphatic heterocycles. The molecule has 2 heterocycles. The molecule has 5 heteroatoms. The van der Waals surface area contributed by atoms with E-state index in [1.165, 1.54) is 12.1 Å². The number of halogens is 2. The van der Waals surface area contributed by atoms with Crippen molar-refractivity contribution in [2.24, 2.45) is 0 Å². The van der Waals surface area contributed by atoms with Crippen molar-refractivity contribution in [3.63, 3.8) is 0 Å². The highest BCUT2D eigenvalue weighted by molar-refractivity contribution is 5.64. The monoisotopic (exact) mass is 351 g/mol. The van der Waals surface area contributed by atoms with Gasteiger partial charge in [-0.25, -0.2) is 8.78 Å². The summed E-state index contributed by atoms with van der Waals surface area (Å²) in [7, 11) is 0. The van der Waals surface area contributed by atoms with Crippen molar-refractivity contribution in [2.45, 2.75) is 13.1 Å². The fourth-order valence-corrected chi connectivity index (χ4v) is 3.25. The zero-order chi connectivity index (χ0) is 17.9. The number of hydrogen-bond donors (Lipinski definition) is 1. The van der Waals surface area contributed by atoms with Gasteiger partial charge >= 0.3 is 0 Å². The molecule has 0 aliphatic carbocycles. The average Bonchev–Trinajstić information content (AvgIpc) is 2.86. The molecular formula is C21H19F2N3. The molecule has 3 nitrogen and oxygen atoms in total. The Morgan fingerprint density at radius 2 is 1.85 bits per heavy atom. The predicted molar refractivity (Wildman–Crippen MR) is 98.6 cm³/mol. The van der Waals surface area contributed by atoms with Gasteiger partial charge in [-0.3, -0.25) is 9.88 Å². The first kappa shape index (κ1) is 16.7. The van der Waals surface area contributed by atoms with E-state index in [0.29, 0.717) is 6.54 Å². The normalized spacial score (nSPS) is 14.4. The van der Waals surface area contributed by atoms with Crippen LogP contribution in [0.5, 0.6) is 0 Å². The molecule has 0 atom stereocenters. The molecule has 0 spiro atoms. The Morgan fingerprint density at radius 3 is 2.65 bits per heavy atom. The Hall–Kier alpha value is -2.79. The molecule has 4 rings (SSSR count). The van der Waals surface area contributed by atoms with E-state index in [0.717, 1.165) is 47.7 Å². The van der Waals surface area contributed by atoms with E-state index in [1.54, 1.807) is 6.07 Å². The third-order valence-corrected chi connectivity index (χ3v) is 4.59. The molecule has 0 amide bonds. The fourth-order valence-electron chi connectivity index (χ4n) is 3.25. The van der Waals surface area contributed by atoms with Crippen molar-refractivity contribution in [3.8, 4) is 11.3 Å². The van der Waals surface area contributed by atoms with Crippen molar-refractivity contribution in [2.75, 3.05) is 18.4 Å². The van der Waals surface area contributed by atoms with Crippen molar-refractivity contribution < 1.29 is 8.78 Å². The number of rotatable bonds is 3. The second kappa shape index (κ2) is 7.22. The summed E-state index contributed by atoms with van der Waals surface area (Å²) in [4.78, 5) is 6.78. The summed E-state index contributed by atoms with van der Waals surface area (Å²) < 4.78 is 26.6. The van der Waals surface area contributed by atoms with Gasteiger partial charge in [0.25, 0.3) is 0 Å². The first-order valence-electron chi connectivity index (χ1n) is 8.63. The van der Waals surface area contributed by atoms with Crippen molar-refractivity contribution in [3.05, 3.63) is 83.6 Å². The van der Waals surface area contributed by atoms with Crippen LogP contribution in [0.2, 0.25) is 0 Å². The highest BCUT2D eigenvalue weighted by Crippen LogP contribution is 2.26. The van der Waals surface area contributed by atoms with Gasteiger partial charge < -0.3 is 5.32 Å². The second-order valence-electron chi connectivity index (χ2n) is 6.48. The van der Waals surface area contributed by atoms with Gasteiger partial charge in [0, 0.05) is 31.7 Å². The molecule has 1 aromatic heterocycles. The molecule has 1 aliphatic rings. The summed E-state index contributed by atoms with van der Waals surface area (Å²) in [5.41, 5.74) is 4.95. The van der Waals surface area contributed by atoms with Crippen molar-refractivity contribution in [1.82, 2.24) is 9.88 Å². The summed E-state index contributed by atoms with van der Waals surface area (Å²) >= 11 is 0. The number of nitrogens with zero attached hydrogens (tertiary/aromatic N) is 2. The summed E-state index contributed by atoms with van der Waals surface area (Å²) in [6, 6.07) is 16.3. The minimum Gasteiger partial charge on any atom is -0.382 e. The lowest BCUT2D eigenvalue weighted by molar-refractivity contribution is 0.271. The molecule has 0 fully saturated rings. The zero-order valence-electron chi connectivity index (χ0n) is 14.3.